The number of nitrogens with one attached hydrogen (secondary N) is 2. The molecule has 1 aromatic rings. The van der Waals surface area contributed by atoms with Crippen LogP contribution in [0, 0.1) is 0 Å². The van der Waals surface area contributed by atoms with Crippen molar-refractivity contribution in [2.24, 2.45) is 0 Å². The molecule has 1 aliphatic heterocycles. The first-order chi connectivity index (χ1) is 8.94. The molecule has 9 heteroatoms. The summed E-state index contributed by atoms with van der Waals surface area (Å²) in [5, 5.41) is 12.6. The minimum Gasteiger partial charge on any atom is -0.406 e. The fraction of sp³-hybridized carbons (Fsp3) is 0.700. The van der Waals surface area contributed by atoms with Crippen LogP contribution in [0.25, 0.3) is 0 Å². The van der Waals surface area contributed by atoms with Gasteiger partial charge in [0, 0.05) is 6.42 Å². The highest BCUT2D eigenvalue weighted by Crippen LogP contribution is 2.24. The van der Waals surface area contributed by atoms with Crippen LogP contribution in [-0.4, -0.2) is 28.8 Å². The maximum Gasteiger partial charge on any atom is 0.389 e. The predicted molar refractivity (Wildman–Crippen MR) is 58.2 cm³/mol. The van der Waals surface area contributed by atoms with Gasteiger partial charge in [0.1, 0.15) is 0 Å². The van der Waals surface area contributed by atoms with Crippen LogP contribution in [0.2, 0.25) is 0 Å². The lowest BCUT2D eigenvalue weighted by atomic mass is 10.2. The van der Waals surface area contributed by atoms with Crippen molar-refractivity contribution < 1.29 is 22.4 Å². The molecule has 1 aliphatic rings. The Morgan fingerprint density at radius 1 is 1.47 bits per heavy atom. The molecule has 0 saturated carbocycles. The number of carbonyl (C=O) groups is 1. The molecular weight excluding hydrogens is 265 g/mol. The van der Waals surface area contributed by atoms with Crippen molar-refractivity contribution in [1.29, 1.82) is 0 Å². The first-order valence-electron chi connectivity index (χ1n) is 5.87. The van der Waals surface area contributed by atoms with E-state index < -0.39 is 24.9 Å². The number of aromatic nitrogens is 2. The van der Waals surface area contributed by atoms with E-state index in [1.165, 1.54) is 0 Å². The van der Waals surface area contributed by atoms with Crippen molar-refractivity contribution in [3.05, 3.63) is 5.89 Å². The molecule has 1 saturated heterocycles. The molecule has 106 valence electrons. The second-order valence-corrected chi connectivity index (χ2v) is 4.26. The minimum atomic E-state index is -4.36. The Hall–Kier alpha value is -1.64. The van der Waals surface area contributed by atoms with Gasteiger partial charge in [0.15, 0.2) is 0 Å². The van der Waals surface area contributed by atoms with Gasteiger partial charge in [0.25, 0.3) is 0 Å². The van der Waals surface area contributed by atoms with Crippen LogP contribution < -0.4 is 10.6 Å². The molecule has 19 heavy (non-hydrogen) atoms. The second kappa shape index (κ2) is 5.55. The summed E-state index contributed by atoms with van der Waals surface area (Å²) in [6.45, 7) is 0.848. The normalized spacial score (nSPS) is 19.6. The zero-order valence-electron chi connectivity index (χ0n) is 9.96. The number of rotatable bonds is 4. The van der Waals surface area contributed by atoms with Gasteiger partial charge < -0.3 is 9.73 Å². The highest BCUT2D eigenvalue weighted by atomic mass is 19.4. The summed E-state index contributed by atoms with van der Waals surface area (Å²) in [7, 11) is 0. The molecule has 0 aliphatic carbocycles. The molecule has 1 aromatic heterocycles. The summed E-state index contributed by atoms with van der Waals surface area (Å²) in [5.41, 5.74) is 0. The van der Waals surface area contributed by atoms with E-state index >= 15 is 0 Å². The lowest BCUT2D eigenvalue weighted by Gasteiger charge is -2.05. The quantitative estimate of drug-likeness (QED) is 0.877. The van der Waals surface area contributed by atoms with Gasteiger partial charge in [-0.3, -0.25) is 10.1 Å². The molecule has 6 nitrogen and oxygen atoms in total. The highest BCUT2D eigenvalue weighted by molar-refractivity contribution is 5.88. The standard InChI is InChI=1S/C10H13F3N4O2/c11-10(12,13)4-3-7(18)15-9-17-16-8(19-9)6-2-1-5-14-6/h6,14H,1-5H2,(H,15,17,18). The third-order valence-electron chi connectivity index (χ3n) is 2.68. The van der Waals surface area contributed by atoms with Gasteiger partial charge in [-0.05, 0) is 19.4 Å². The number of nitrogens with zero attached hydrogens (tertiary/aromatic N) is 2. The lowest BCUT2D eigenvalue weighted by molar-refractivity contribution is -0.142. The summed E-state index contributed by atoms with van der Waals surface area (Å²) < 4.78 is 40.9. The Bertz CT molecular complexity index is 440. The Morgan fingerprint density at radius 2 is 2.26 bits per heavy atom. The number of amides is 1. The van der Waals surface area contributed by atoms with Crippen LogP contribution in [0.15, 0.2) is 4.42 Å². The van der Waals surface area contributed by atoms with E-state index in [0.717, 1.165) is 19.4 Å². The maximum atomic E-state index is 11.9. The molecule has 1 fully saturated rings. The molecule has 2 N–H and O–H groups in total. The van der Waals surface area contributed by atoms with Crippen molar-refractivity contribution in [3.8, 4) is 0 Å². The lowest BCUT2D eigenvalue weighted by Crippen LogP contribution is -2.16. The van der Waals surface area contributed by atoms with E-state index in [1.807, 2.05) is 0 Å². The van der Waals surface area contributed by atoms with Gasteiger partial charge in [0.05, 0.1) is 12.5 Å². The van der Waals surface area contributed by atoms with Crippen LogP contribution in [0.4, 0.5) is 19.2 Å². The smallest absolute Gasteiger partial charge is 0.389 e. The minimum absolute atomic E-state index is 0.0478. The number of alkyl halides is 3. The van der Waals surface area contributed by atoms with E-state index in [-0.39, 0.29) is 12.1 Å². The molecule has 1 atom stereocenters. The van der Waals surface area contributed by atoms with E-state index in [2.05, 4.69) is 20.8 Å². The number of hydrogen-bond donors (Lipinski definition) is 2. The zero-order chi connectivity index (χ0) is 13.9. The average Bonchev–Trinajstić information content (AvgIpc) is 2.94. The zero-order valence-corrected chi connectivity index (χ0v) is 9.96. The first-order valence-corrected chi connectivity index (χ1v) is 5.87. The summed E-state index contributed by atoms with van der Waals surface area (Å²) in [4.78, 5) is 11.2. The van der Waals surface area contributed by atoms with E-state index in [1.54, 1.807) is 0 Å². The number of halogens is 3. The summed E-state index contributed by atoms with van der Waals surface area (Å²) in [5.74, 6) is -0.462. The molecular formula is C10H13F3N4O2. The van der Waals surface area contributed by atoms with Crippen LogP contribution >= 0.6 is 0 Å². The van der Waals surface area contributed by atoms with Crippen molar-refractivity contribution in [1.82, 2.24) is 15.5 Å². The average molecular weight is 278 g/mol. The topological polar surface area (TPSA) is 80.0 Å². The largest absolute Gasteiger partial charge is 0.406 e. The van der Waals surface area contributed by atoms with Gasteiger partial charge in [-0.1, -0.05) is 5.10 Å². The van der Waals surface area contributed by atoms with Gasteiger partial charge >= 0.3 is 12.2 Å². The third-order valence-corrected chi connectivity index (χ3v) is 2.68. The monoisotopic (exact) mass is 278 g/mol. The maximum absolute atomic E-state index is 11.9. The molecule has 1 unspecified atom stereocenters. The van der Waals surface area contributed by atoms with Crippen molar-refractivity contribution >= 4 is 11.9 Å². The number of carbonyl (C=O) groups excluding carboxylic acids is 1. The van der Waals surface area contributed by atoms with Gasteiger partial charge in [-0.2, -0.15) is 13.2 Å². The second-order valence-electron chi connectivity index (χ2n) is 4.26. The van der Waals surface area contributed by atoms with E-state index in [4.69, 9.17) is 4.42 Å². The van der Waals surface area contributed by atoms with Gasteiger partial charge in [-0.15, -0.1) is 5.10 Å². The van der Waals surface area contributed by atoms with Crippen LogP contribution in [0.1, 0.15) is 37.6 Å². The molecule has 0 spiro atoms. The van der Waals surface area contributed by atoms with Crippen LogP contribution in [-0.2, 0) is 4.79 Å². The summed E-state index contributed by atoms with van der Waals surface area (Å²) in [6.07, 6.45) is -4.36. The molecule has 2 rings (SSSR count). The fourth-order valence-electron chi connectivity index (χ4n) is 1.76. The van der Waals surface area contributed by atoms with E-state index in [9.17, 15) is 18.0 Å². The number of hydrogen-bond acceptors (Lipinski definition) is 5. The van der Waals surface area contributed by atoms with Crippen molar-refractivity contribution in [2.45, 2.75) is 37.9 Å². The van der Waals surface area contributed by atoms with Gasteiger partial charge in [-0.25, -0.2) is 0 Å². The highest BCUT2D eigenvalue weighted by Gasteiger charge is 2.28. The predicted octanol–water partition coefficient (Wildman–Crippen LogP) is 1.78. The Labute approximate surface area is 106 Å². The van der Waals surface area contributed by atoms with Crippen molar-refractivity contribution in [2.75, 3.05) is 11.9 Å². The first kappa shape index (κ1) is 13.8. The summed E-state index contributed by atoms with van der Waals surface area (Å²) >= 11 is 0. The Balaban J connectivity index is 1.84. The molecule has 0 aromatic carbocycles. The molecule has 2 heterocycles. The SMILES string of the molecule is O=C(CCC(F)(F)F)Nc1nnc(C2CCCN2)o1. The molecule has 1 amide bonds. The Kier molecular flexibility index (Phi) is 4.03. The van der Waals surface area contributed by atoms with E-state index in [0.29, 0.717) is 5.89 Å². The van der Waals surface area contributed by atoms with Crippen LogP contribution in [0.3, 0.4) is 0 Å². The molecule has 0 bridgehead atoms. The third kappa shape index (κ3) is 4.19. The van der Waals surface area contributed by atoms with Crippen LogP contribution in [0.5, 0.6) is 0 Å². The number of anilines is 1. The fourth-order valence-corrected chi connectivity index (χ4v) is 1.76. The summed E-state index contributed by atoms with van der Waals surface area (Å²) in [6, 6.07) is -0.218. The Morgan fingerprint density at radius 3 is 2.89 bits per heavy atom. The van der Waals surface area contributed by atoms with Gasteiger partial charge in [0.2, 0.25) is 11.8 Å². The molecule has 0 radical (unpaired) electrons. The van der Waals surface area contributed by atoms with Crippen molar-refractivity contribution in [3.63, 3.8) is 0 Å².